The van der Waals surface area contributed by atoms with Gasteiger partial charge in [0.2, 0.25) is 5.95 Å². The third-order valence-electron chi connectivity index (χ3n) is 3.76. The zero-order valence-corrected chi connectivity index (χ0v) is 12.9. The van der Waals surface area contributed by atoms with E-state index in [4.69, 9.17) is 0 Å². The number of nitrogens with one attached hydrogen (secondary N) is 1. The molecular weight excluding hydrogens is 250 g/mol. The molecule has 0 spiro atoms. The lowest BCUT2D eigenvalue weighted by Crippen LogP contribution is -2.52. The first-order valence-corrected chi connectivity index (χ1v) is 7.63. The third-order valence-corrected chi connectivity index (χ3v) is 3.76. The lowest BCUT2D eigenvalue weighted by molar-refractivity contribution is 0.191. The molecule has 2 heterocycles. The molecule has 1 unspecified atom stereocenters. The molecule has 5 heteroatoms. The lowest BCUT2D eigenvalue weighted by atomic mass is 10.2. The minimum atomic E-state index is 0.590. The number of hydrogen-bond donors (Lipinski definition) is 1. The van der Waals surface area contributed by atoms with Gasteiger partial charge in [0.1, 0.15) is 0 Å². The molecule has 1 aromatic heterocycles. The fourth-order valence-corrected chi connectivity index (χ4v) is 2.53. The Bertz CT molecular complexity index is 373. The average molecular weight is 277 g/mol. The predicted molar refractivity (Wildman–Crippen MR) is 83.0 cm³/mol. The number of nitrogens with zero attached hydrogens (tertiary/aromatic N) is 4. The molecule has 2 rings (SSSR count). The van der Waals surface area contributed by atoms with Crippen LogP contribution in [0.5, 0.6) is 0 Å². The van der Waals surface area contributed by atoms with Crippen LogP contribution in [-0.4, -0.2) is 60.2 Å². The van der Waals surface area contributed by atoms with E-state index >= 15 is 0 Å². The van der Waals surface area contributed by atoms with Gasteiger partial charge in [-0.05, 0) is 25.5 Å². The maximum absolute atomic E-state index is 4.33. The van der Waals surface area contributed by atoms with Crippen molar-refractivity contribution in [1.82, 2.24) is 20.2 Å². The van der Waals surface area contributed by atoms with E-state index in [9.17, 15) is 0 Å². The summed E-state index contributed by atoms with van der Waals surface area (Å²) in [5.41, 5.74) is 0. The zero-order chi connectivity index (χ0) is 14.4. The van der Waals surface area contributed by atoms with Crippen molar-refractivity contribution in [1.29, 1.82) is 0 Å². The van der Waals surface area contributed by atoms with E-state index in [1.807, 2.05) is 18.5 Å². The highest BCUT2D eigenvalue weighted by Gasteiger charge is 2.21. The summed E-state index contributed by atoms with van der Waals surface area (Å²) < 4.78 is 0. The van der Waals surface area contributed by atoms with E-state index in [0.29, 0.717) is 12.0 Å². The highest BCUT2D eigenvalue weighted by Crippen LogP contribution is 2.11. The molecule has 1 saturated heterocycles. The minimum Gasteiger partial charge on any atom is -0.338 e. The van der Waals surface area contributed by atoms with Gasteiger partial charge in [-0.25, -0.2) is 9.97 Å². The van der Waals surface area contributed by atoms with E-state index in [2.05, 4.69) is 45.9 Å². The second kappa shape index (κ2) is 7.55. The highest BCUT2D eigenvalue weighted by atomic mass is 15.3. The smallest absolute Gasteiger partial charge is 0.225 e. The molecule has 1 atom stereocenters. The Morgan fingerprint density at radius 3 is 2.30 bits per heavy atom. The molecule has 1 aliphatic heterocycles. The molecule has 1 fully saturated rings. The van der Waals surface area contributed by atoms with Crippen molar-refractivity contribution in [2.45, 2.75) is 26.8 Å². The second-order valence-electron chi connectivity index (χ2n) is 5.97. The first-order valence-electron chi connectivity index (χ1n) is 7.63. The Kier molecular flexibility index (Phi) is 5.73. The highest BCUT2D eigenvalue weighted by molar-refractivity contribution is 5.29. The Hall–Kier alpha value is -1.20. The minimum absolute atomic E-state index is 0.590. The van der Waals surface area contributed by atoms with Gasteiger partial charge in [-0.1, -0.05) is 13.8 Å². The van der Waals surface area contributed by atoms with Gasteiger partial charge in [0.05, 0.1) is 0 Å². The van der Waals surface area contributed by atoms with E-state index in [0.717, 1.165) is 45.2 Å². The zero-order valence-electron chi connectivity index (χ0n) is 12.9. The van der Waals surface area contributed by atoms with Crippen molar-refractivity contribution in [3.8, 4) is 0 Å². The summed E-state index contributed by atoms with van der Waals surface area (Å²) in [6.07, 6.45) is 3.63. The predicted octanol–water partition coefficient (Wildman–Crippen LogP) is 1.23. The van der Waals surface area contributed by atoms with E-state index in [1.165, 1.54) is 0 Å². The molecule has 1 aromatic rings. The third kappa shape index (κ3) is 4.42. The van der Waals surface area contributed by atoms with Crippen molar-refractivity contribution in [3.05, 3.63) is 18.5 Å². The van der Waals surface area contributed by atoms with Crippen molar-refractivity contribution in [2.75, 3.05) is 44.2 Å². The summed E-state index contributed by atoms with van der Waals surface area (Å²) in [5, 5.41) is 3.54. The molecule has 0 radical (unpaired) electrons. The van der Waals surface area contributed by atoms with Crippen LogP contribution >= 0.6 is 0 Å². The van der Waals surface area contributed by atoms with Crippen molar-refractivity contribution in [3.63, 3.8) is 0 Å². The van der Waals surface area contributed by atoms with Crippen molar-refractivity contribution < 1.29 is 0 Å². The normalized spacial score (nSPS) is 18.5. The van der Waals surface area contributed by atoms with Crippen LogP contribution in [0.3, 0.4) is 0 Å². The van der Waals surface area contributed by atoms with Gasteiger partial charge < -0.3 is 10.2 Å². The maximum atomic E-state index is 4.33. The Morgan fingerprint density at radius 2 is 1.70 bits per heavy atom. The number of aromatic nitrogens is 2. The number of rotatable bonds is 6. The first-order chi connectivity index (χ1) is 9.66. The summed E-state index contributed by atoms with van der Waals surface area (Å²) in [6, 6.07) is 2.45. The Morgan fingerprint density at radius 1 is 1.05 bits per heavy atom. The molecule has 0 bridgehead atoms. The molecule has 20 heavy (non-hydrogen) atoms. The summed E-state index contributed by atoms with van der Waals surface area (Å²) in [5.74, 6) is 1.58. The van der Waals surface area contributed by atoms with E-state index < -0.39 is 0 Å². The molecule has 5 nitrogen and oxygen atoms in total. The largest absolute Gasteiger partial charge is 0.338 e. The van der Waals surface area contributed by atoms with Gasteiger partial charge in [-0.15, -0.1) is 0 Å². The van der Waals surface area contributed by atoms with Gasteiger partial charge in [-0.2, -0.15) is 0 Å². The molecular formula is C15H27N5. The summed E-state index contributed by atoms with van der Waals surface area (Å²) in [4.78, 5) is 13.5. The van der Waals surface area contributed by atoms with Crippen LogP contribution < -0.4 is 10.2 Å². The Balaban J connectivity index is 1.73. The van der Waals surface area contributed by atoms with Crippen LogP contribution in [-0.2, 0) is 0 Å². The molecule has 0 aromatic carbocycles. The van der Waals surface area contributed by atoms with Gasteiger partial charge in [0, 0.05) is 51.2 Å². The fraction of sp³-hybridized carbons (Fsp3) is 0.733. The Labute approximate surface area is 122 Å². The van der Waals surface area contributed by atoms with Crippen LogP contribution in [0.1, 0.15) is 20.8 Å². The summed E-state index contributed by atoms with van der Waals surface area (Å²) >= 11 is 0. The van der Waals surface area contributed by atoms with Crippen molar-refractivity contribution >= 4 is 5.95 Å². The topological polar surface area (TPSA) is 44.3 Å². The van der Waals surface area contributed by atoms with Crippen LogP contribution in [0.15, 0.2) is 18.5 Å². The molecule has 0 amide bonds. The molecule has 112 valence electrons. The first kappa shape index (κ1) is 15.2. The molecule has 1 aliphatic rings. The quantitative estimate of drug-likeness (QED) is 0.847. The molecule has 0 saturated carbocycles. The molecule has 1 N–H and O–H groups in total. The van der Waals surface area contributed by atoms with Crippen LogP contribution in [0, 0.1) is 5.92 Å². The SMILES string of the molecule is CC(C)CNCC(C)N1CCN(c2ncccn2)CC1. The lowest BCUT2D eigenvalue weighted by Gasteiger charge is -2.38. The maximum Gasteiger partial charge on any atom is 0.225 e. The van der Waals surface area contributed by atoms with Gasteiger partial charge >= 0.3 is 0 Å². The standard InChI is InChI=1S/C15H27N5/c1-13(2)11-16-12-14(3)19-7-9-20(10-8-19)15-17-5-4-6-18-15/h4-6,13-14,16H,7-12H2,1-3H3. The molecule has 0 aliphatic carbocycles. The second-order valence-corrected chi connectivity index (χ2v) is 5.97. The number of hydrogen-bond acceptors (Lipinski definition) is 5. The summed E-state index contributed by atoms with van der Waals surface area (Å²) in [7, 11) is 0. The van der Waals surface area contributed by atoms with E-state index in [-0.39, 0.29) is 0 Å². The van der Waals surface area contributed by atoms with Gasteiger partial charge in [0.25, 0.3) is 0 Å². The van der Waals surface area contributed by atoms with Crippen LogP contribution in [0.2, 0.25) is 0 Å². The monoisotopic (exact) mass is 277 g/mol. The van der Waals surface area contributed by atoms with Crippen LogP contribution in [0.25, 0.3) is 0 Å². The average Bonchev–Trinajstić information content (AvgIpc) is 2.48. The van der Waals surface area contributed by atoms with Crippen LogP contribution in [0.4, 0.5) is 5.95 Å². The van der Waals surface area contributed by atoms with E-state index in [1.54, 1.807) is 0 Å². The van der Waals surface area contributed by atoms with Gasteiger partial charge in [-0.3, -0.25) is 4.90 Å². The summed E-state index contributed by atoms with van der Waals surface area (Å²) in [6.45, 7) is 13.2. The van der Waals surface area contributed by atoms with Crippen molar-refractivity contribution in [2.24, 2.45) is 5.92 Å². The number of piperazine rings is 1. The fourth-order valence-electron chi connectivity index (χ4n) is 2.53. The number of anilines is 1. The van der Waals surface area contributed by atoms with Gasteiger partial charge in [0.15, 0.2) is 0 Å².